The third-order valence-electron chi connectivity index (χ3n) is 2.33. The lowest BCUT2D eigenvalue weighted by Gasteiger charge is -2.16. The topological polar surface area (TPSA) is 46.2 Å². The van der Waals surface area contributed by atoms with Crippen molar-refractivity contribution in [2.45, 2.75) is 36.5 Å². The van der Waals surface area contributed by atoms with Crippen molar-refractivity contribution in [1.29, 1.82) is 0 Å². The molecule has 1 rings (SSSR count). The number of benzene rings is 1. The highest BCUT2D eigenvalue weighted by Crippen LogP contribution is 2.32. The smallest absolute Gasteiger partial charge is 0.0441 e. The highest BCUT2D eigenvalue weighted by Gasteiger charge is 2.11. The molecule has 2 nitrogen and oxygen atoms in total. The lowest BCUT2D eigenvalue weighted by molar-refractivity contribution is 0.289. The van der Waals surface area contributed by atoms with Crippen LogP contribution in [0.2, 0.25) is 0 Å². The molecule has 2 unspecified atom stereocenters. The second kappa shape index (κ2) is 6.64. The lowest BCUT2D eigenvalue weighted by Crippen LogP contribution is -2.08. The summed E-state index contributed by atoms with van der Waals surface area (Å²) >= 11 is 5.23. The van der Waals surface area contributed by atoms with Crippen molar-refractivity contribution in [3.8, 4) is 0 Å². The van der Waals surface area contributed by atoms with E-state index in [2.05, 4.69) is 35.0 Å². The summed E-state index contributed by atoms with van der Waals surface area (Å²) < 4.78 is 1.05. The second-order valence-electron chi connectivity index (χ2n) is 3.91. The van der Waals surface area contributed by atoms with Crippen LogP contribution in [0.3, 0.4) is 0 Å². The Morgan fingerprint density at radius 2 is 2.12 bits per heavy atom. The highest BCUT2D eigenvalue weighted by molar-refractivity contribution is 9.10. The molecule has 1 aromatic rings. The monoisotopic (exact) mass is 303 g/mol. The van der Waals surface area contributed by atoms with Gasteiger partial charge in [0.2, 0.25) is 0 Å². The summed E-state index contributed by atoms with van der Waals surface area (Å²) in [6.07, 6.45) is 0.805. The molecule has 90 valence electrons. The van der Waals surface area contributed by atoms with E-state index in [1.807, 2.05) is 13.0 Å². The molecule has 0 spiro atoms. The number of nitrogens with two attached hydrogens (primary N) is 1. The van der Waals surface area contributed by atoms with Gasteiger partial charge in [-0.1, -0.05) is 22.9 Å². The van der Waals surface area contributed by atoms with Crippen LogP contribution in [0.5, 0.6) is 0 Å². The summed E-state index contributed by atoms with van der Waals surface area (Å²) in [6.45, 7) is 4.34. The number of hydrogen-bond acceptors (Lipinski definition) is 3. The quantitative estimate of drug-likeness (QED) is 0.820. The average Bonchev–Trinajstić information content (AvgIpc) is 2.20. The van der Waals surface area contributed by atoms with Gasteiger partial charge in [-0.15, -0.1) is 11.8 Å². The standard InChI is InChI=1S/C12H18BrNOS/c1-8(5-6-15)16-12-4-3-10(13)7-11(12)9(2)14/h3-4,7-9,15H,5-6,14H2,1-2H3. The number of aliphatic hydroxyl groups excluding tert-OH is 1. The minimum absolute atomic E-state index is 0.0290. The molecule has 0 aliphatic rings. The molecule has 0 saturated carbocycles. The van der Waals surface area contributed by atoms with E-state index in [-0.39, 0.29) is 12.6 Å². The van der Waals surface area contributed by atoms with Gasteiger partial charge in [0.25, 0.3) is 0 Å². The average molecular weight is 304 g/mol. The predicted molar refractivity (Wildman–Crippen MR) is 73.8 cm³/mol. The first-order chi connectivity index (χ1) is 7.54. The van der Waals surface area contributed by atoms with Gasteiger partial charge < -0.3 is 10.8 Å². The molecule has 0 heterocycles. The number of rotatable bonds is 5. The van der Waals surface area contributed by atoms with Crippen molar-refractivity contribution in [1.82, 2.24) is 0 Å². The zero-order valence-electron chi connectivity index (χ0n) is 9.61. The number of halogens is 1. The Balaban J connectivity index is 2.86. The van der Waals surface area contributed by atoms with Gasteiger partial charge in [0.1, 0.15) is 0 Å². The molecule has 3 N–H and O–H groups in total. The maximum absolute atomic E-state index is 8.89. The fourth-order valence-electron chi connectivity index (χ4n) is 1.44. The normalized spacial score (nSPS) is 14.8. The van der Waals surface area contributed by atoms with Crippen LogP contribution in [0.25, 0.3) is 0 Å². The Bertz CT molecular complexity index is 344. The molecule has 0 aromatic heterocycles. The molecule has 2 atom stereocenters. The van der Waals surface area contributed by atoms with E-state index in [0.717, 1.165) is 16.5 Å². The van der Waals surface area contributed by atoms with E-state index in [1.54, 1.807) is 11.8 Å². The van der Waals surface area contributed by atoms with Crippen LogP contribution in [0.4, 0.5) is 0 Å². The van der Waals surface area contributed by atoms with Gasteiger partial charge >= 0.3 is 0 Å². The van der Waals surface area contributed by atoms with Crippen molar-refractivity contribution < 1.29 is 5.11 Å². The van der Waals surface area contributed by atoms with Gasteiger partial charge in [0, 0.05) is 27.3 Å². The molecule has 0 saturated heterocycles. The molecular formula is C12H18BrNOS. The van der Waals surface area contributed by atoms with E-state index in [0.29, 0.717) is 5.25 Å². The van der Waals surface area contributed by atoms with E-state index in [9.17, 15) is 0 Å². The Kier molecular flexibility index (Phi) is 5.83. The first-order valence-corrected chi connectivity index (χ1v) is 7.04. The van der Waals surface area contributed by atoms with E-state index in [4.69, 9.17) is 10.8 Å². The van der Waals surface area contributed by atoms with Crippen molar-refractivity contribution in [3.05, 3.63) is 28.2 Å². The Morgan fingerprint density at radius 3 is 2.69 bits per heavy atom. The van der Waals surface area contributed by atoms with Crippen LogP contribution in [-0.4, -0.2) is 17.0 Å². The van der Waals surface area contributed by atoms with Crippen molar-refractivity contribution in [3.63, 3.8) is 0 Å². The summed E-state index contributed by atoms with van der Waals surface area (Å²) in [4.78, 5) is 1.21. The zero-order chi connectivity index (χ0) is 12.1. The summed E-state index contributed by atoms with van der Waals surface area (Å²) in [5.74, 6) is 0. The van der Waals surface area contributed by atoms with Crippen LogP contribution in [0.15, 0.2) is 27.6 Å². The maximum Gasteiger partial charge on any atom is 0.0441 e. The van der Waals surface area contributed by atoms with Crippen LogP contribution < -0.4 is 5.73 Å². The van der Waals surface area contributed by atoms with Crippen molar-refractivity contribution in [2.24, 2.45) is 5.73 Å². The van der Waals surface area contributed by atoms with Crippen molar-refractivity contribution in [2.75, 3.05) is 6.61 Å². The second-order valence-corrected chi connectivity index (χ2v) is 6.31. The molecule has 0 amide bonds. The van der Waals surface area contributed by atoms with Crippen LogP contribution >= 0.6 is 27.7 Å². The lowest BCUT2D eigenvalue weighted by atomic mass is 10.1. The predicted octanol–water partition coefficient (Wildman–Crippen LogP) is 3.33. The number of aliphatic hydroxyl groups is 1. The van der Waals surface area contributed by atoms with Gasteiger partial charge in [-0.05, 0) is 37.1 Å². The molecule has 0 bridgehead atoms. The Labute approximate surface area is 110 Å². The molecule has 0 aliphatic heterocycles. The summed E-state index contributed by atoms with van der Waals surface area (Å²) in [7, 11) is 0. The van der Waals surface area contributed by atoms with E-state index >= 15 is 0 Å². The fraction of sp³-hybridized carbons (Fsp3) is 0.500. The first-order valence-electron chi connectivity index (χ1n) is 5.37. The van der Waals surface area contributed by atoms with Gasteiger partial charge in [-0.2, -0.15) is 0 Å². The number of thioether (sulfide) groups is 1. The Morgan fingerprint density at radius 1 is 1.44 bits per heavy atom. The molecule has 1 aromatic carbocycles. The van der Waals surface area contributed by atoms with Gasteiger partial charge in [0.15, 0.2) is 0 Å². The number of hydrogen-bond donors (Lipinski definition) is 2. The largest absolute Gasteiger partial charge is 0.396 e. The summed E-state index contributed by atoms with van der Waals surface area (Å²) in [6, 6.07) is 6.21. The minimum atomic E-state index is 0.0290. The van der Waals surface area contributed by atoms with Crippen LogP contribution in [0.1, 0.15) is 31.9 Å². The molecule has 0 radical (unpaired) electrons. The molecule has 0 fully saturated rings. The first kappa shape index (κ1) is 14.0. The Hall–Kier alpha value is -0.0300. The molecular weight excluding hydrogens is 286 g/mol. The summed E-state index contributed by atoms with van der Waals surface area (Å²) in [5.41, 5.74) is 7.11. The minimum Gasteiger partial charge on any atom is -0.396 e. The summed E-state index contributed by atoms with van der Waals surface area (Å²) in [5, 5.41) is 9.30. The van der Waals surface area contributed by atoms with Crippen LogP contribution in [-0.2, 0) is 0 Å². The van der Waals surface area contributed by atoms with Crippen LogP contribution in [0, 0.1) is 0 Å². The molecule has 4 heteroatoms. The molecule has 16 heavy (non-hydrogen) atoms. The zero-order valence-corrected chi connectivity index (χ0v) is 12.0. The SMILES string of the molecule is CC(CCO)Sc1ccc(Br)cc1C(C)N. The fourth-order valence-corrected chi connectivity index (χ4v) is 3.00. The van der Waals surface area contributed by atoms with Crippen molar-refractivity contribution >= 4 is 27.7 Å². The van der Waals surface area contributed by atoms with E-state index < -0.39 is 0 Å². The highest BCUT2D eigenvalue weighted by atomic mass is 79.9. The third kappa shape index (κ3) is 4.09. The van der Waals surface area contributed by atoms with Gasteiger partial charge in [-0.3, -0.25) is 0 Å². The molecule has 0 aliphatic carbocycles. The van der Waals surface area contributed by atoms with Gasteiger partial charge in [0.05, 0.1) is 0 Å². The van der Waals surface area contributed by atoms with Gasteiger partial charge in [-0.25, -0.2) is 0 Å². The third-order valence-corrected chi connectivity index (χ3v) is 4.08. The maximum atomic E-state index is 8.89. The van der Waals surface area contributed by atoms with E-state index in [1.165, 1.54) is 4.90 Å².